The molecule has 0 aliphatic heterocycles. The van der Waals surface area contributed by atoms with E-state index in [9.17, 15) is 58.5 Å². The van der Waals surface area contributed by atoms with E-state index in [4.69, 9.17) is 20.7 Å². The molecule has 0 unspecified atom stereocenters. The van der Waals surface area contributed by atoms with Gasteiger partial charge in [-0.05, 0) is 49.5 Å². The minimum atomic E-state index is -1.73. The molecule has 8 amide bonds. The third-order valence-corrected chi connectivity index (χ3v) is 10.4. The minimum Gasteiger partial charge on any atom is -0.480 e. The number of nitrogens with one attached hydrogen (secondary N) is 8. The zero-order valence-corrected chi connectivity index (χ0v) is 39.1. The zero-order chi connectivity index (χ0) is 51.0. The Morgan fingerprint density at radius 2 is 1.21 bits per heavy atom. The van der Waals surface area contributed by atoms with Crippen molar-refractivity contribution in [2.24, 2.45) is 23.5 Å². The van der Waals surface area contributed by atoms with E-state index in [2.05, 4.69) is 37.2 Å². The Morgan fingerprint density at radius 1 is 0.657 bits per heavy atom. The molecule has 15 N–H and O–H groups in total. The van der Waals surface area contributed by atoms with Gasteiger partial charge < -0.3 is 78.5 Å². The van der Waals surface area contributed by atoms with Crippen molar-refractivity contribution < 1.29 is 73.4 Å². The molecule has 0 aliphatic rings. The number of alkyl carbamates (subject to hydrolysis) is 1. The smallest absolute Gasteiger partial charge is 0.407 e. The van der Waals surface area contributed by atoms with Crippen LogP contribution in [0.3, 0.4) is 0 Å². The van der Waals surface area contributed by atoms with E-state index in [1.54, 1.807) is 65.8 Å². The maximum absolute atomic E-state index is 14.1. The molecule has 1 aromatic carbocycles. The number of ether oxygens (including phenoxy) is 1. The number of rotatable bonds is 30. The zero-order valence-electron chi connectivity index (χ0n) is 39.1. The van der Waals surface area contributed by atoms with Gasteiger partial charge in [0.2, 0.25) is 41.4 Å². The molecular weight excluding hydrogens is 883 g/mol. The van der Waals surface area contributed by atoms with Crippen molar-refractivity contribution in [1.29, 1.82) is 0 Å². The van der Waals surface area contributed by atoms with Crippen LogP contribution in [0.15, 0.2) is 30.3 Å². The van der Waals surface area contributed by atoms with E-state index in [1.165, 1.54) is 0 Å². The molecule has 0 radical (unpaired) electrons. The van der Waals surface area contributed by atoms with Gasteiger partial charge in [0.15, 0.2) is 0 Å². The Balaban J connectivity index is 3.27. The molecule has 0 aliphatic carbocycles. The lowest BCUT2D eigenvalue weighted by Gasteiger charge is -2.30. The van der Waals surface area contributed by atoms with Crippen molar-refractivity contribution in [3.8, 4) is 0 Å². The lowest BCUT2D eigenvalue weighted by atomic mass is 9.96. The summed E-state index contributed by atoms with van der Waals surface area (Å²) in [5.74, 6) is -9.43. The number of hydrogen-bond donors (Lipinski definition) is 14. The maximum atomic E-state index is 14.1. The van der Waals surface area contributed by atoms with Gasteiger partial charge in [-0.15, -0.1) is 0 Å². The Labute approximate surface area is 389 Å². The lowest BCUT2D eigenvalue weighted by Crippen LogP contribution is -2.62. The molecule has 67 heavy (non-hydrogen) atoms. The molecule has 0 saturated carbocycles. The molecule has 0 heterocycles. The maximum Gasteiger partial charge on any atom is 0.407 e. The number of aliphatic hydroxyl groups is 4. The molecular formula is C43H71N9O15. The van der Waals surface area contributed by atoms with Crippen LogP contribution in [0.4, 0.5) is 4.79 Å². The van der Waals surface area contributed by atoms with Crippen LogP contribution in [0, 0.1) is 17.8 Å². The normalized spacial score (nSPS) is 15.7. The summed E-state index contributed by atoms with van der Waals surface area (Å²) in [5.41, 5.74) is 6.74. The van der Waals surface area contributed by atoms with Crippen LogP contribution in [0.1, 0.15) is 79.7 Å². The molecule has 0 spiro atoms. The molecule has 378 valence electrons. The van der Waals surface area contributed by atoms with Crippen molar-refractivity contribution in [2.45, 2.75) is 135 Å². The van der Waals surface area contributed by atoms with Crippen LogP contribution in [0.5, 0.6) is 0 Å². The first-order chi connectivity index (χ1) is 31.5. The summed E-state index contributed by atoms with van der Waals surface area (Å²) >= 11 is 0. The molecule has 0 saturated heterocycles. The molecule has 24 heteroatoms. The number of nitrogens with two attached hydrogens (primary N) is 1. The summed E-state index contributed by atoms with van der Waals surface area (Å²) in [6, 6.07) is -1.58. The highest BCUT2D eigenvalue weighted by Gasteiger charge is 2.36. The number of aliphatic hydroxyl groups excluding tert-OH is 4. The average Bonchev–Trinajstić information content (AvgIpc) is 3.28. The standard InChI is InChI=1S/C43H71N9O15/c1-8-24(6)33(41(63)52-34(25(7)55)40(62)46-18-31(56)47-29(19-53)38(60)50-30(20-54)42(64)65)51-36(58)27(15-12-16-45-43(66)67-21-26-13-10-9-11-14-26)48-37(59)28(17-22(2)3)49-39(61)32(44)35(57)23(4)5/h9-11,13-14,22-25,27-30,32-35,53-55,57H,8,12,15-21,44H2,1-7H3,(H,45,66)(H,46,62)(H,47,56)(H,48,59)(H,49,61)(H,50,60)(H,51,58)(H,52,63)(H,64,65)/t24-,25-,27+,28-,29-,30-,32-,33-,34-,35+/m0/s1. The highest BCUT2D eigenvalue weighted by Crippen LogP contribution is 2.13. The average molecular weight is 954 g/mol. The summed E-state index contributed by atoms with van der Waals surface area (Å²) in [5, 5.41) is 67.6. The van der Waals surface area contributed by atoms with E-state index < -0.39 is 134 Å². The molecule has 10 atom stereocenters. The van der Waals surface area contributed by atoms with E-state index in [1.807, 2.05) is 11.4 Å². The fourth-order valence-corrected chi connectivity index (χ4v) is 6.13. The Bertz CT molecular complexity index is 1790. The third kappa shape index (κ3) is 21.5. The Kier molecular flexibility index (Phi) is 26.8. The first-order valence-corrected chi connectivity index (χ1v) is 22.1. The quantitative estimate of drug-likeness (QED) is 0.0334. The predicted molar refractivity (Wildman–Crippen MR) is 240 cm³/mol. The molecule has 0 aromatic heterocycles. The molecule has 1 aromatic rings. The largest absolute Gasteiger partial charge is 0.480 e. The van der Waals surface area contributed by atoms with Crippen LogP contribution >= 0.6 is 0 Å². The molecule has 0 fully saturated rings. The van der Waals surface area contributed by atoms with Gasteiger partial charge in [0.1, 0.15) is 48.9 Å². The molecule has 0 bridgehead atoms. The van der Waals surface area contributed by atoms with Crippen LogP contribution in [-0.2, 0) is 49.7 Å². The van der Waals surface area contributed by atoms with E-state index >= 15 is 0 Å². The van der Waals surface area contributed by atoms with Crippen molar-refractivity contribution >= 4 is 53.4 Å². The number of carbonyl (C=O) groups excluding carboxylic acids is 8. The summed E-state index contributed by atoms with van der Waals surface area (Å²) in [7, 11) is 0. The van der Waals surface area contributed by atoms with Crippen LogP contribution in [-0.4, -0.2) is 160 Å². The van der Waals surface area contributed by atoms with Gasteiger partial charge in [-0.2, -0.15) is 0 Å². The second-order valence-electron chi connectivity index (χ2n) is 16.8. The van der Waals surface area contributed by atoms with Gasteiger partial charge in [-0.3, -0.25) is 33.6 Å². The lowest BCUT2D eigenvalue weighted by molar-refractivity contribution is -0.143. The molecule has 24 nitrogen and oxygen atoms in total. The van der Waals surface area contributed by atoms with Crippen molar-refractivity contribution in [3.05, 3.63) is 35.9 Å². The van der Waals surface area contributed by atoms with Crippen molar-refractivity contribution in [3.63, 3.8) is 0 Å². The van der Waals surface area contributed by atoms with E-state index in [-0.39, 0.29) is 44.2 Å². The van der Waals surface area contributed by atoms with Gasteiger partial charge in [-0.25, -0.2) is 9.59 Å². The summed E-state index contributed by atoms with van der Waals surface area (Å²) in [4.78, 5) is 117. The van der Waals surface area contributed by atoms with Gasteiger partial charge >= 0.3 is 12.1 Å². The van der Waals surface area contributed by atoms with Crippen LogP contribution < -0.4 is 48.3 Å². The number of benzene rings is 1. The first kappa shape index (κ1) is 59.1. The second-order valence-corrected chi connectivity index (χ2v) is 16.8. The number of carboxylic acids is 1. The summed E-state index contributed by atoms with van der Waals surface area (Å²) < 4.78 is 5.24. The van der Waals surface area contributed by atoms with Crippen molar-refractivity contribution in [2.75, 3.05) is 26.3 Å². The highest BCUT2D eigenvalue weighted by molar-refractivity contribution is 5.97. The number of aliphatic carboxylic acids is 1. The van der Waals surface area contributed by atoms with E-state index in [0.29, 0.717) is 6.42 Å². The van der Waals surface area contributed by atoms with Gasteiger partial charge in [-0.1, -0.05) is 78.3 Å². The van der Waals surface area contributed by atoms with Crippen molar-refractivity contribution in [1.82, 2.24) is 42.5 Å². The minimum absolute atomic E-state index is 0.00365. The molecule has 1 rings (SSSR count). The number of hydrogen-bond acceptors (Lipinski definition) is 15. The monoisotopic (exact) mass is 954 g/mol. The predicted octanol–water partition coefficient (Wildman–Crippen LogP) is -3.40. The SMILES string of the molecule is CC[C@H](C)[C@H](NC(=O)[C@@H](CCCNC(=O)OCc1ccccc1)NC(=O)[C@H](CC(C)C)NC(=O)[C@@H](N)[C@H](O)C(C)C)C(=O)N[C@H](C(=O)NCC(=O)N[C@@H](CO)C(=O)N[C@@H](CO)C(=O)O)[C@H](C)O. The van der Waals surface area contributed by atoms with Gasteiger partial charge in [0, 0.05) is 6.54 Å². The highest BCUT2D eigenvalue weighted by atomic mass is 16.5. The summed E-state index contributed by atoms with van der Waals surface area (Å²) in [6.07, 6.45) is -3.17. The number of carbonyl (C=O) groups is 9. The fourth-order valence-electron chi connectivity index (χ4n) is 6.13. The number of amides is 8. The number of carboxylic acid groups (broad SMARTS) is 1. The first-order valence-electron chi connectivity index (χ1n) is 22.1. The Morgan fingerprint density at radius 3 is 1.75 bits per heavy atom. The topological polar surface area (TPSA) is 386 Å². The van der Waals surface area contributed by atoms with Gasteiger partial charge in [0.25, 0.3) is 0 Å². The van der Waals surface area contributed by atoms with E-state index in [0.717, 1.165) is 12.5 Å². The second kappa shape index (κ2) is 30.4. The van der Waals surface area contributed by atoms with Gasteiger partial charge in [0.05, 0.1) is 32.0 Å². The third-order valence-electron chi connectivity index (χ3n) is 10.4. The summed E-state index contributed by atoms with van der Waals surface area (Å²) in [6.45, 7) is 8.56. The van der Waals surface area contributed by atoms with Crippen LogP contribution in [0.2, 0.25) is 0 Å². The Hall–Kier alpha value is -5.95. The van der Waals surface area contributed by atoms with Crippen LogP contribution in [0.25, 0.3) is 0 Å². The fraction of sp³-hybridized carbons (Fsp3) is 0.651.